The minimum Gasteiger partial charge on any atom is -0.480 e. The van der Waals surface area contributed by atoms with E-state index in [4.69, 9.17) is 5.11 Å². The predicted molar refractivity (Wildman–Crippen MR) is 71.5 cm³/mol. The van der Waals surface area contributed by atoms with Crippen molar-refractivity contribution in [2.24, 2.45) is 0 Å². The number of nitrogens with zero attached hydrogens (tertiary/aromatic N) is 2. The third-order valence-electron chi connectivity index (χ3n) is 3.29. The number of carbonyl (C=O) groups is 2. The summed E-state index contributed by atoms with van der Waals surface area (Å²) in [6, 6.07) is 1.94. The maximum Gasteiger partial charge on any atom is 0.326 e. The van der Waals surface area contributed by atoms with Crippen LogP contribution in [0.25, 0.3) is 0 Å². The molecule has 1 aromatic heterocycles. The second kappa shape index (κ2) is 5.46. The number of rotatable bonds is 2. The van der Waals surface area contributed by atoms with Gasteiger partial charge in [-0.15, -0.1) is 0 Å². The molecule has 1 aliphatic rings. The molecule has 7 heteroatoms. The minimum atomic E-state index is -1.12. The summed E-state index contributed by atoms with van der Waals surface area (Å²) in [5.41, 5.74) is 2.02. The van der Waals surface area contributed by atoms with Gasteiger partial charge in [0.05, 0.1) is 17.5 Å². The second-order valence-electron chi connectivity index (χ2n) is 4.91. The molecule has 0 aromatic carbocycles. The Balaban J connectivity index is 2.13. The van der Waals surface area contributed by atoms with Gasteiger partial charge in [0.15, 0.2) is 0 Å². The first kappa shape index (κ1) is 14.3. The highest BCUT2D eigenvalue weighted by molar-refractivity contribution is 5.93. The fourth-order valence-electron chi connectivity index (χ4n) is 2.28. The van der Waals surface area contributed by atoms with Crippen LogP contribution in [0, 0.1) is 13.8 Å². The fraction of sp³-hybridized carbons (Fsp3) is 0.462. The number of aromatic nitrogens is 1. The number of nitrogens with one attached hydrogen (secondary N) is 1. The Morgan fingerprint density at radius 2 is 2.10 bits per heavy atom. The van der Waals surface area contributed by atoms with Gasteiger partial charge in [-0.3, -0.25) is 4.98 Å². The molecule has 2 rings (SSSR count). The summed E-state index contributed by atoms with van der Waals surface area (Å²) < 4.78 is 0. The second-order valence-corrected chi connectivity index (χ2v) is 4.91. The molecule has 1 aliphatic heterocycles. The smallest absolute Gasteiger partial charge is 0.326 e. The summed E-state index contributed by atoms with van der Waals surface area (Å²) in [6.45, 7) is 3.62. The first-order chi connectivity index (χ1) is 9.38. The van der Waals surface area contributed by atoms with E-state index in [1.54, 1.807) is 19.1 Å². The third-order valence-corrected chi connectivity index (χ3v) is 3.29. The van der Waals surface area contributed by atoms with Gasteiger partial charge >= 0.3 is 12.0 Å². The van der Waals surface area contributed by atoms with Gasteiger partial charge in [0.25, 0.3) is 0 Å². The quantitative estimate of drug-likeness (QED) is 0.741. The van der Waals surface area contributed by atoms with E-state index in [0.717, 1.165) is 10.6 Å². The zero-order valence-electron chi connectivity index (χ0n) is 11.3. The molecule has 7 nitrogen and oxygen atoms in total. The summed E-state index contributed by atoms with van der Waals surface area (Å²) in [5.74, 6) is -1.12. The van der Waals surface area contributed by atoms with E-state index in [-0.39, 0.29) is 13.0 Å². The van der Waals surface area contributed by atoms with Crippen molar-refractivity contribution in [3.8, 4) is 0 Å². The molecule has 0 spiro atoms. The normalized spacial score (nSPS) is 21.9. The van der Waals surface area contributed by atoms with Gasteiger partial charge in [-0.05, 0) is 26.0 Å². The molecule has 0 radical (unpaired) electrons. The van der Waals surface area contributed by atoms with E-state index in [1.807, 2.05) is 6.92 Å². The number of likely N-dealkylation sites (tertiary alicyclic amines) is 1. The average Bonchev–Trinajstić information content (AvgIpc) is 2.75. The Morgan fingerprint density at radius 1 is 1.40 bits per heavy atom. The highest BCUT2D eigenvalue weighted by Crippen LogP contribution is 2.20. The molecule has 0 saturated carbocycles. The van der Waals surface area contributed by atoms with Crippen molar-refractivity contribution in [2.45, 2.75) is 32.4 Å². The maximum absolute atomic E-state index is 12.1. The van der Waals surface area contributed by atoms with Crippen LogP contribution in [0.5, 0.6) is 0 Å². The molecule has 2 unspecified atom stereocenters. The number of urea groups is 1. The largest absolute Gasteiger partial charge is 0.480 e. The molecular weight excluding hydrogens is 262 g/mol. The SMILES string of the molecule is Cc1ccc(NC(=O)N2CC(O)CC2C(=O)O)c(C)n1. The van der Waals surface area contributed by atoms with Crippen LogP contribution in [0.2, 0.25) is 0 Å². The Bertz CT molecular complexity index is 546. The highest BCUT2D eigenvalue weighted by atomic mass is 16.4. The van der Waals surface area contributed by atoms with Gasteiger partial charge in [-0.25, -0.2) is 9.59 Å². The van der Waals surface area contributed by atoms with Gasteiger partial charge in [-0.2, -0.15) is 0 Å². The van der Waals surface area contributed by atoms with E-state index in [1.165, 1.54) is 0 Å². The van der Waals surface area contributed by atoms with E-state index in [0.29, 0.717) is 11.4 Å². The Morgan fingerprint density at radius 3 is 2.70 bits per heavy atom. The number of aryl methyl sites for hydroxylation is 2. The number of aliphatic carboxylic acids is 1. The number of pyridine rings is 1. The molecule has 0 aliphatic carbocycles. The number of carboxylic acids is 1. The van der Waals surface area contributed by atoms with Crippen LogP contribution in [0.4, 0.5) is 10.5 Å². The third kappa shape index (κ3) is 2.88. The number of hydrogen-bond acceptors (Lipinski definition) is 4. The van der Waals surface area contributed by atoms with Gasteiger partial charge in [0, 0.05) is 18.7 Å². The van der Waals surface area contributed by atoms with E-state index in [9.17, 15) is 14.7 Å². The average molecular weight is 279 g/mol. The lowest BCUT2D eigenvalue weighted by atomic mass is 10.2. The summed E-state index contributed by atoms with van der Waals surface area (Å²) in [6.07, 6.45) is -0.757. The Kier molecular flexibility index (Phi) is 3.89. The molecule has 2 atom stereocenters. The maximum atomic E-state index is 12.1. The minimum absolute atomic E-state index is 0.0150. The molecule has 1 fully saturated rings. The van der Waals surface area contributed by atoms with Crippen molar-refractivity contribution in [3.05, 3.63) is 23.5 Å². The van der Waals surface area contributed by atoms with E-state index in [2.05, 4.69) is 10.3 Å². The van der Waals surface area contributed by atoms with Crippen LogP contribution in [0.3, 0.4) is 0 Å². The van der Waals surface area contributed by atoms with Gasteiger partial charge < -0.3 is 20.4 Å². The molecule has 2 amide bonds. The van der Waals surface area contributed by atoms with Crippen molar-refractivity contribution in [2.75, 3.05) is 11.9 Å². The lowest BCUT2D eigenvalue weighted by Gasteiger charge is -2.22. The van der Waals surface area contributed by atoms with Gasteiger partial charge in [0.1, 0.15) is 6.04 Å². The topological polar surface area (TPSA) is 103 Å². The lowest BCUT2D eigenvalue weighted by Crippen LogP contribution is -2.43. The standard InChI is InChI=1S/C13H17N3O4/c1-7-3-4-10(8(2)14-7)15-13(20)16-6-9(17)5-11(16)12(18)19/h3-4,9,11,17H,5-6H2,1-2H3,(H,15,20)(H,18,19). The molecule has 3 N–H and O–H groups in total. The summed E-state index contributed by atoms with van der Waals surface area (Å²) in [4.78, 5) is 28.6. The number of aliphatic hydroxyl groups is 1. The van der Waals surface area contributed by atoms with Crippen LogP contribution < -0.4 is 5.32 Å². The lowest BCUT2D eigenvalue weighted by molar-refractivity contribution is -0.141. The molecule has 2 heterocycles. The molecule has 1 saturated heterocycles. The van der Waals surface area contributed by atoms with Crippen molar-refractivity contribution < 1.29 is 19.8 Å². The summed E-state index contributed by atoms with van der Waals surface area (Å²) in [5, 5.41) is 21.2. The fourth-order valence-corrected chi connectivity index (χ4v) is 2.28. The van der Waals surface area contributed by atoms with Crippen molar-refractivity contribution in [3.63, 3.8) is 0 Å². The number of amides is 2. The first-order valence-corrected chi connectivity index (χ1v) is 6.31. The first-order valence-electron chi connectivity index (χ1n) is 6.31. The number of carboxylic acid groups (broad SMARTS) is 1. The molecular formula is C13H17N3O4. The molecule has 0 bridgehead atoms. The number of β-amino-alcohol motifs (C(OH)–C–C–N with tert-alkyl or cyclic N) is 1. The summed E-state index contributed by atoms with van der Waals surface area (Å²) >= 11 is 0. The predicted octanol–water partition coefficient (Wildman–Crippen LogP) is 0.750. The Labute approximate surface area is 116 Å². The number of hydrogen-bond donors (Lipinski definition) is 3. The van der Waals surface area contributed by atoms with E-state index < -0.39 is 24.1 Å². The Hall–Kier alpha value is -2.15. The van der Waals surface area contributed by atoms with E-state index >= 15 is 0 Å². The van der Waals surface area contributed by atoms with Crippen LogP contribution in [0.1, 0.15) is 17.8 Å². The van der Waals surface area contributed by atoms with Crippen LogP contribution >= 0.6 is 0 Å². The van der Waals surface area contributed by atoms with Crippen LogP contribution in [-0.4, -0.2) is 50.8 Å². The molecule has 20 heavy (non-hydrogen) atoms. The zero-order chi connectivity index (χ0) is 14.9. The summed E-state index contributed by atoms with van der Waals surface area (Å²) in [7, 11) is 0. The number of anilines is 1. The van der Waals surface area contributed by atoms with Gasteiger partial charge in [0.2, 0.25) is 0 Å². The van der Waals surface area contributed by atoms with Crippen molar-refractivity contribution in [1.29, 1.82) is 0 Å². The highest BCUT2D eigenvalue weighted by Gasteiger charge is 2.39. The van der Waals surface area contributed by atoms with Gasteiger partial charge in [-0.1, -0.05) is 0 Å². The van der Waals surface area contributed by atoms with Crippen LogP contribution in [0.15, 0.2) is 12.1 Å². The van der Waals surface area contributed by atoms with Crippen molar-refractivity contribution >= 4 is 17.7 Å². The number of aliphatic hydroxyl groups excluding tert-OH is 1. The monoisotopic (exact) mass is 279 g/mol. The molecule has 1 aromatic rings. The number of carbonyl (C=O) groups excluding carboxylic acids is 1. The van der Waals surface area contributed by atoms with Crippen LogP contribution in [-0.2, 0) is 4.79 Å². The zero-order valence-corrected chi connectivity index (χ0v) is 11.3. The molecule has 108 valence electrons. The van der Waals surface area contributed by atoms with Crippen molar-refractivity contribution in [1.82, 2.24) is 9.88 Å².